The molecule has 0 aliphatic heterocycles. The lowest BCUT2D eigenvalue weighted by molar-refractivity contribution is -0.208. The summed E-state index contributed by atoms with van der Waals surface area (Å²) >= 11 is 0. The maximum absolute atomic E-state index is 13.3. The molecule has 4 aliphatic rings. The van der Waals surface area contributed by atoms with E-state index in [1.54, 1.807) is 0 Å². The van der Waals surface area contributed by atoms with Gasteiger partial charge in [-0.05, 0) is 98.2 Å². The van der Waals surface area contributed by atoms with Crippen molar-refractivity contribution < 1.29 is 18.0 Å². The Morgan fingerprint density at radius 2 is 1.59 bits per heavy atom. The molecule has 0 saturated heterocycles. The van der Waals surface area contributed by atoms with Crippen molar-refractivity contribution in [1.82, 2.24) is 0 Å². The Balaban J connectivity index is 1.55. The highest BCUT2D eigenvalue weighted by molar-refractivity contribution is 5.53. The van der Waals surface area contributed by atoms with Crippen molar-refractivity contribution in [2.75, 3.05) is 0 Å². The number of carbonyl (C=O) groups excluding carboxylic acids is 1. The van der Waals surface area contributed by atoms with Gasteiger partial charge in [0.05, 0.1) is 5.92 Å². The molecule has 27 heavy (non-hydrogen) atoms. The SMILES string of the molecule is CC(C=O)C1CCC2C3CCC4CC(C(F)(F)F)CC[C@]4(C)C3CC[C@]12C. The molecule has 0 heterocycles. The molecule has 0 bridgehead atoms. The number of fused-ring (bicyclic) bond motifs is 5. The van der Waals surface area contributed by atoms with Crippen LogP contribution < -0.4 is 0 Å². The summed E-state index contributed by atoms with van der Waals surface area (Å²) in [6.45, 7) is 6.82. The van der Waals surface area contributed by atoms with E-state index in [0.29, 0.717) is 36.5 Å². The van der Waals surface area contributed by atoms with Crippen LogP contribution in [0, 0.1) is 52.3 Å². The van der Waals surface area contributed by atoms with E-state index >= 15 is 0 Å². The van der Waals surface area contributed by atoms with Crippen LogP contribution in [0.15, 0.2) is 0 Å². The Hall–Kier alpha value is -0.540. The predicted octanol–water partition coefficient (Wildman–Crippen LogP) is 6.66. The minimum Gasteiger partial charge on any atom is -0.303 e. The van der Waals surface area contributed by atoms with E-state index < -0.39 is 12.1 Å². The van der Waals surface area contributed by atoms with Crippen LogP contribution in [0.2, 0.25) is 0 Å². The second-order valence-corrected chi connectivity index (χ2v) is 10.9. The molecule has 4 rings (SSSR count). The lowest BCUT2D eigenvalue weighted by atomic mass is 9.44. The lowest BCUT2D eigenvalue weighted by Gasteiger charge is -2.61. The first-order valence-corrected chi connectivity index (χ1v) is 11.1. The number of aldehydes is 1. The zero-order chi connectivity index (χ0) is 19.6. The molecule has 0 N–H and O–H groups in total. The van der Waals surface area contributed by atoms with Crippen LogP contribution in [0.1, 0.15) is 78.6 Å². The van der Waals surface area contributed by atoms with E-state index in [1.165, 1.54) is 6.42 Å². The first-order valence-electron chi connectivity index (χ1n) is 11.1. The van der Waals surface area contributed by atoms with Crippen molar-refractivity contribution in [2.45, 2.75) is 84.7 Å². The van der Waals surface area contributed by atoms with E-state index in [-0.39, 0.29) is 22.7 Å². The van der Waals surface area contributed by atoms with Gasteiger partial charge in [-0.2, -0.15) is 13.2 Å². The van der Waals surface area contributed by atoms with Gasteiger partial charge in [-0.15, -0.1) is 0 Å². The smallest absolute Gasteiger partial charge is 0.303 e. The zero-order valence-corrected chi connectivity index (χ0v) is 17.0. The molecule has 4 fully saturated rings. The van der Waals surface area contributed by atoms with Crippen molar-refractivity contribution in [3.8, 4) is 0 Å². The summed E-state index contributed by atoms with van der Waals surface area (Å²) in [6.07, 6.45) is 5.32. The Morgan fingerprint density at radius 3 is 2.26 bits per heavy atom. The number of rotatable bonds is 2. The molecule has 9 atom stereocenters. The normalized spacial score (nSPS) is 51.0. The predicted molar refractivity (Wildman–Crippen MR) is 100.0 cm³/mol. The fourth-order valence-electron chi connectivity index (χ4n) is 8.55. The largest absolute Gasteiger partial charge is 0.391 e. The highest BCUT2D eigenvalue weighted by Gasteiger charge is 2.61. The summed E-state index contributed by atoms with van der Waals surface area (Å²) in [5.74, 6) is 1.71. The average molecular weight is 385 g/mol. The molecule has 1 nitrogen and oxygen atoms in total. The Bertz CT molecular complexity index is 587. The highest BCUT2D eigenvalue weighted by Crippen LogP contribution is 2.68. The van der Waals surface area contributed by atoms with Crippen LogP contribution >= 0.6 is 0 Å². The van der Waals surface area contributed by atoms with Gasteiger partial charge in [-0.25, -0.2) is 0 Å². The summed E-state index contributed by atoms with van der Waals surface area (Å²) in [6, 6.07) is 0. The number of halogens is 3. The first-order chi connectivity index (χ1) is 12.6. The molecular weight excluding hydrogens is 349 g/mol. The highest BCUT2D eigenvalue weighted by atomic mass is 19.4. The van der Waals surface area contributed by atoms with Gasteiger partial charge in [0.1, 0.15) is 6.29 Å². The number of hydrogen-bond acceptors (Lipinski definition) is 1. The van der Waals surface area contributed by atoms with Gasteiger partial charge < -0.3 is 4.79 Å². The van der Waals surface area contributed by atoms with E-state index in [1.807, 2.05) is 0 Å². The topological polar surface area (TPSA) is 17.1 Å². The molecule has 0 aromatic rings. The molecule has 4 saturated carbocycles. The number of hydrogen-bond donors (Lipinski definition) is 0. The van der Waals surface area contributed by atoms with E-state index in [0.717, 1.165) is 44.8 Å². The monoisotopic (exact) mass is 384 g/mol. The maximum Gasteiger partial charge on any atom is 0.391 e. The fourth-order valence-corrected chi connectivity index (χ4v) is 8.55. The van der Waals surface area contributed by atoms with Crippen LogP contribution in [-0.2, 0) is 4.79 Å². The van der Waals surface area contributed by atoms with Crippen molar-refractivity contribution in [2.24, 2.45) is 52.3 Å². The van der Waals surface area contributed by atoms with Crippen molar-refractivity contribution >= 4 is 6.29 Å². The van der Waals surface area contributed by atoms with Crippen LogP contribution in [0.3, 0.4) is 0 Å². The minimum atomic E-state index is -4.02. The van der Waals surface area contributed by atoms with Gasteiger partial charge in [-0.1, -0.05) is 20.8 Å². The van der Waals surface area contributed by atoms with Crippen LogP contribution in [0.4, 0.5) is 13.2 Å². The van der Waals surface area contributed by atoms with Gasteiger partial charge in [0.25, 0.3) is 0 Å². The molecule has 0 aromatic heterocycles. The van der Waals surface area contributed by atoms with Crippen molar-refractivity contribution in [3.05, 3.63) is 0 Å². The summed E-state index contributed by atoms with van der Waals surface area (Å²) in [5, 5.41) is 0. The van der Waals surface area contributed by atoms with Crippen LogP contribution in [0.25, 0.3) is 0 Å². The van der Waals surface area contributed by atoms with Gasteiger partial charge in [-0.3, -0.25) is 0 Å². The van der Waals surface area contributed by atoms with Gasteiger partial charge in [0, 0.05) is 5.92 Å². The van der Waals surface area contributed by atoms with Crippen molar-refractivity contribution in [1.29, 1.82) is 0 Å². The van der Waals surface area contributed by atoms with Crippen LogP contribution in [-0.4, -0.2) is 12.5 Å². The molecule has 0 amide bonds. The van der Waals surface area contributed by atoms with Gasteiger partial charge >= 0.3 is 6.18 Å². The molecule has 0 aromatic carbocycles. The second kappa shape index (κ2) is 6.49. The first kappa shape index (κ1) is 19.8. The average Bonchev–Trinajstić information content (AvgIpc) is 2.96. The van der Waals surface area contributed by atoms with Gasteiger partial charge in [0.2, 0.25) is 0 Å². The van der Waals surface area contributed by atoms with E-state index in [4.69, 9.17) is 0 Å². The summed E-state index contributed by atoms with van der Waals surface area (Å²) in [5.41, 5.74) is 0.355. The minimum absolute atomic E-state index is 0.0976. The zero-order valence-electron chi connectivity index (χ0n) is 17.0. The molecule has 154 valence electrons. The Morgan fingerprint density at radius 1 is 0.926 bits per heavy atom. The Kier molecular flexibility index (Phi) is 4.75. The quantitative estimate of drug-likeness (QED) is 0.487. The third-order valence-corrected chi connectivity index (χ3v) is 10.1. The molecule has 0 spiro atoms. The molecule has 7 unspecified atom stereocenters. The summed E-state index contributed by atoms with van der Waals surface area (Å²) in [7, 11) is 0. The maximum atomic E-state index is 13.3. The van der Waals surface area contributed by atoms with E-state index in [9.17, 15) is 18.0 Å². The lowest BCUT2D eigenvalue weighted by Crippen LogP contribution is -2.54. The molecule has 4 aliphatic carbocycles. The summed E-state index contributed by atoms with van der Waals surface area (Å²) < 4.78 is 39.9. The fraction of sp³-hybridized carbons (Fsp3) is 0.957. The standard InChI is InChI=1S/C23H35F3O/c1-14(13-27)18-6-7-19-17-5-4-15-12-16(23(24,25)26)8-10-21(15,2)20(17)9-11-22(18,19)3/h13-20H,4-12H2,1-3H3/t14?,15?,16?,17?,18?,19?,20?,21-,22+/m0/s1. The molecular formula is C23H35F3O. The second-order valence-electron chi connectivity index (χ2n) is 10.9. The van der Waals surface area contributed by atoms with Crippen LogP contribution in [0.5, 0.6) is 0 Å². The number of carbonyl (C=O) groups is 1. The van der Waals surface area contributed by atoms with Gasteiger partial charge in [0.15, 0.2) is 0 Å². The van der Waals surface area contributed by atoms with Crippen molar-refractivity contribution in [3.63, 3.8) is 0 Å². The molecule has 0 radical (unpaired) electrons. The third-order valence-electron chi connectivity index (χ3n) is 10.1. The summed E-state index contributed by atoms with van der Waals surface area (Å²) in [4.78, 5) is 11.5. The van der Waals surface area contributed by atoms with E-state index in [2.05, 4.69) is 20.8 Å². The molecule has 4 heteroatoms. The third kappa shape index (κ3) is 2.90. The Labute approximate surface area is 161 Å². The number of alkyl halides is 3.